The number of nitrogens with zero attached hydrogens (tertiary/aromatic N) is 7. The quantitative estimate of drug-likeness (QED) is 0.102. The lowest BCUT2D eigenvalue weighted by Gasteiger charge is -2.32. The number of benzene rings is 2. The van der Waals surface area contributed by atoms with Crippen LogP contribution in [-0.2, 0) is 24.0 Å². The minimum absolute atomic E-state index is 0.242. The van der Waals surface area contributed by atoms with Gasteiger partial charge in [0.2, 0.25) is 0 Å². The average Bonchev–Trinajstić information content (AvgIpc) is 3.76. The van der Waals surface area contributed by atoms with Gasteiger partial charge in [0.15, 0.2) is 39.2 Å². The molecular formula is C37H43FN8O3S2. The molecule has 0 saturated carbocycles. The molecule has 51 heavy (non-hydrogen) atoms. The Hall–Kier alpha value is -4.24. The van der Waals surface area contributed by atoms with Gasteiger partial charge >= 0.3 is 5.97 Å². The van der Waals surface area contributed by atoms with Gasteiger partial charge in [-0.25, -0.2) is 19.2 Å². The highest BCUT2D eigenvalue weighted by Crippen LogP contribution is 2.39. The number of fused-ring (bicyclic) bond motifs is 2. The number of halogens is 1. The van der Waals surface area contributed by atoms with E-state index in [9.17, 15) is 9.18 Å². The summed E-state index contributed by atoms with van der Waals surface area (Å²) < 4.78 is 27.0. The standard InChI is InChI=1S/C37H43FN8O3S2/c1-24-26-10-7-17-46(34(26)43-42-33(24)41-36-39-28-11-4-5-12-30(28)50-36)37-40-32(35(47)48-3)31(51-37)13-8-22-49-29-15-14-25(23-27(29)38)9-6-16-45-20-18-44(2)19-21-45/h4-5,11-12,14-15,23H,6-10,13,16-22H2,1-3H3,(H,39,41,42). The van der Waals surface area contributed by atoms with Crippen LogP contribution in [0.15, 0.2) is 42.5 Å². The van der Waals surface area contributed by atoms with Crippen molar-refractivity contribution in [1.29, 1.82) is 0 Å². The molecule has 7 rings (SSSR count). The maximum absolute atomic E-state index is 14.9. The Morgan fingerprint density at radius 2 is 1.84 bits per heavy atom. The van der Waals surface area contributed by atoms with Gasteiger partial charge in [-0.2, -0.15) is 0 Å². The maximum atomic E-state index is 14.9. The van der Waals surface area contributed by atoms with Crippen LogP contribution in [0, 0.1) is 12.7 Å². The summed E-state index contributed by atoms with van der Waals surface area (Å²) in [6.07, 6.45) is 4.70. The van der Waals surface area contributed by atoms with Crippen molar-refractivity contribution in [3.05, 3.63) is 75.5 Å². The number of hydrogen-bond donors (Lipinski definition) is 1. The SMILES string of the molecule is COC(=O)c1nc(N2CCCc3c2nnc(Nc2nc4ccccc4s2)c3C)sc1CCCOc1ccc(CCCN2CCN(C)CC2)cc1F. The first-order valence-corrected chi connectivity index (χ1v) is 19.2. The molecule has 14 heteroatoms. The van der Waals surface area contributed by atoms with E-state index in [4.69, 9.17) is 14.5 Å². The summed E-state index contributed by atoms with van der Waals surface area (Å²) in [7, 11) is 3.52. The lowest BCUT2D eigenvalue weighted by atomic mass is 10.0. The molecule has 2 aliphatic heterocycles. The predicted octanol–water partition coefficient (Wildman–Crippen LogP) is 6.80. The first-order valence-electron chi connectivity index (χ1n) is 17.5. The van der Waals surface area contributed by atoms with E-state index in [2.05, 4.69) is 43.4 Å². The second-order valence-corrected chi connectivity index (χ2v) is 15.2. The van der Waals surface area contributed by atoms with Crippen LogP contribution < -0.4 is 15.0 Å². The number of aryl methyl sites for hydroxylation is 2. The summed E-state index contributed by atoms with van der Waals surface area (Å²) in [6, 6.07) is 13.3. The largest absolute Gasteiger partial charge is 0.491 e. The molecule has 3 aromatic heterocycles. The summed E-state index contributed by atoms with van der Waals surface area (Å²) in [4.78, 5) is 29.9. The Morgan fingerprint density at radius 3 is 2.65 bits per heavy atom. The van der Waals surface area contributed by atoms with Gasteiger partial charge in [0, 0.05) is 48.7 Å². The molecule has 5 aromatic rings. The van der Waals surface area contributed by atoms with E-state index in [-0.39, 0.29) is 17.3 Å². The third-order valence-corrected chi connectivity index (χ3v) is 11.6. The fraction of sp³-hybridized carbons (Fsp3) is 0.432. The van der Waals surface area contributed by atoms with Crippen molar-refractivity contribution >= 4 is 60.8 Å². The van der Waals surface area contributed by atoms with E-state index in [0.29, 0.717) is 36.9 Å². The van der Waals surface area contributed by atoms with Gasteiger partial charge in [0.05, 0.1) is 23.9 Å². The highest BCUT2D eigenvalue weighted by Gasteiger charge is 2.29. The molecule has 1 fully saturated rings. The lowest BCUT2D eigenvalue weighted by Crippen LogP contribution is -2.44. The topological polar surface area (TPSA) is 109 Å². The van der Waals surface area contributed by atoms with Crippen LogP contribution in [0.25, 0.3) is 10.2 Å². The Labute approximate surface area is 305 Å². The number of rotatable bonds is 13. The van der Waals surface area contributed by atoms with Crippen molar-refractivity contribution in [2.24, 2.45) is 0 Å². The highest BCUT2D eigenvalue weighted by atomic mass is 32.1. The molecule has 0 amide bonds. The molecule has 0 atom stereocenters. The number of esters is 1. The number of carbonyl (C=O) groups is 1. The Balaban J connectivity index is 0.975. The molecule has 11 nitrogen and oxygen atoms in total. The molecule has 0 bridgehead atoms. The first kappa shape index (κ1) is 35.2. The normalized spacial score (nSPS) is 15.3. The molecular weight excluding hydrogens is 688 g/mol. The molecule has 1 N–H and O–H groups in total. The zero-order valence-corrected chi connectivity index (χ0v) is 30.9. The smallest absolute Gasteiger partial charge is 0.357 e. The van der Waals surface area contributed by atoms with Crippen molar-refractivity contribution in [3.63, 3.8) is 0 Å². The lowest BCUT2D eigenvalue weighted by molar-refractivity contribution is 0.0593. The maximum Gasteiger partial charge on any atom is 0.357 e. The van der Waals surface area contributed by atoms with Crippen LogP contribution in [0.2, 0.25) is 0 Å². The van der Waals surface area contributed by atoms with Gasteiger partial charge in [-0.3, -0.25) is 0 Å². The van der Waals surface area contributed by atoms with Gasteiger partial charge in [-0.05, 0) is 88.9 Å². The number of hydrogen-bond acceptors (Lipinski definition) is 13. The molecule has 268 valence electrons. The summed E-state index contributed by atoms with van der Waals surface area (Å²) in [5.74, 6) is 0.828. The second kappa shape index (κ2) is 16.0. The molecule has 0 radical (unpaired) electrons. The summed E-state index contributed by atoms with van der Waals surface area (Å²) in [5, 5.41) is 14.0. The number of para-hydroxylation sites is 1. The minimum Gasteiger partial charge on any atom is -0.491 e. The molecule has 5 heterocycles. The van der Waals surface area contributed by atoms with Crippen molar-refractivity contribution in [2.45, 2.75) is 45.4 Å². The second-order valence-electron chi connectivity index (χ2n) is 13.1. The summed E-state index contributed by atoms with van der Waals surface area (Å²) >= 11 is 3.02. The third-order valence-electron chi connectivity index (χ3n) is 9.54. The van der Waals surface area contributed by atoms with E-state index in [1.54, 1.807) is 23.5 Å². The summed E-state index contributed by atoms with van der Waals surface area (Å²) in [5.41, 5.74) is 4.31. The zero-order chi connectivity index (χ0) is 35.3. The van der Waals surface area contributed by atoms with Crippen LogP contribution >= 0.6 is 22.7 Å². The van der Waals surface area contributed by atoms with Crippen LogP contribution in [0.5, 0.6) is 5.75 Å². The minimum atomic E-state index is -0.488. The third kappa shape index (κ3) is 8.14. The number of thiazole rings is 2. The Kier molecular flexibility index (Phi) is 11.0. The number of carbonyl (C=O) groups excluding carboxylic acids is 1. The van der Waals surface area contributed by atoms with Gasteiger partial charge < -0.3 is 29.5 Å². The van der Waals surface area contributed by atoms with Crippen LogP contribution in [0.3, 0.4) is 0 Å². The van der Waals surface area contributed by atoms with E-state index in [0.717, 1.165) is 101 Å². The molecule has 0 unspecified atom stereocenters. The number of anilines is 4. The Bertz CT molecular complexity index is 1960. The highest BCUT2D eigenvalue weighted by molar-refractivity contribution is 7.22. The van der Waals surface area contributed by atoms with Crippen molar-refractivity contribution in [3.8, 4) is 5.75 Å². The van der Waals surface area contributed by atoms with E-state index in [1.165, 1.54) is 18.4 Å². The van der Waals surface area contributed by atoms with E-state index in [1.807, 2.05) is 36.1 Å². The van der Waals surface area contributed by atoms with Gasteiger partial charge in [-0.1, -0.05) is 29.5 Å². The predicted molar refractivity (Wildman–Crippen MR) is 201 cm³/mol. The van der Waals surface area contributed by atoms with Crippen molar-refractivity contribution in [1.82, 2.24) is 30.0 Å². The zero-order valence-electron chi connectivity index (χ0n) is 29.3. The van der Waals surface area contributed by atoms with E-state index < -0.39 is 5.97 Å². The molecule has 0 aliphatic carbocycles. The number of likely N-dealkylation sites (N-methyl/N-ethyl adjacent to an activating group) is 1. The fourth-order valence-corrected chi connectivity index (χ4v) is 8.58. The monoisotopic (exact) mass is 730 g/mol. The first-order chi connectivity index (χ1) is 24.9. The Morgan fingerprint density at radius 1 is 1.00 bits per heavy atom. The van der Waals surface area contributed by atoms with Crippen LogP contribution in [-0.4, -0.2) is 96.0 Å². The number of methoxy groups -OCH3 is 1. The van der Waals surface area contributed by atoms with Crippen LogP contribution in [0.1, 0.15) is 51.3 Å². The average molecular weight is 731 g/mol. The van der Waals surface area contributed by atoms with Crippen molar-refractivity contribution < 1.29 is 18.7 Å². The van der Waals surface area contributed by atoms with E-state index >= 15 is 0 Å². The van der Waals surface area contributed by atoms with Gasteiger partial charge in [0.1, 0.15) is 0 Å². The fourth-order valence-electron chi connectivity index (χ4n) is 6.60. The van der Waals surface area contributed by atoms with Crippen molar-refractivity contribution in [2.75, 3.05) is 70.2 Å². The number of aromatic nitrogens is 4. The molecule has 0 spiro atoms. The van der Waals surface area contributed by atoms with Crippen LogP contribution in [0.4, 0.5) is 26.3 Å². The summed E-state index contributed by atoms with van der Waals surface area (Å²) in [6.45, 7) is 8.46. The number of piperazine rings is 1. The molecule has 1 saturated heterocycles. The van der Waals surface area contributed by atoms with Gasteiger partial charge in [-0.15, -0.1) is 21.5 Å². The number of nitrogens with one attached hydrogen (secondary N) is 1. The van der Waals surface area contributed by atoms with Gasteiger partial charge in [0.25, 0.3) is 0 Å². The number of ether oxygens (including phenoxy) is 2. The molecule has 2 aromatic carbocycles. The molecule has 2 aliphatic rings.